The van der Waals surface area contributed by atoms with E-state index in [1.165, 1.54) is 18.7 Å². The second-order valence-electron chi connectivity index (χ2n) is 6.91. The molecule has 0 saturated heterocycles. The van der Waals surface area contributed by atoms with E-state index in [-0.39, 0.29) is 24.4 Å². The van der Waals surface area contributed by atoms with Crippen LogP contribution in [0.2, 0.25) is 0 Å². The second-order valence-corrected chi connectivity index (χ2v) is 7.77. The molecular formula is C24H20N4O3S. The minimum Gasteiger partial charge on any atom is -0.462 e. The highest BCUT2D eigenvalue weighted by Crippen LogP contribution is 2.44. The number of ketones is 1. The third-order valence-electron chi connectivity index (χ3n) is 4.86. The van der Waals surface area contributed by atoms with Crippen molar-refractivity contribution in [3.05, 3.63) is 76.4 Å². The number of thioether (sulfide) groups is 1. The molecule has 0 saturated carbocycles. The Morgan fingerprint density at radius 3 is 2.53 bits per heavy atom. The van der Waals surface area contributed by atoms with Gasteiger partial charge in [0.1, 0.15) is 22.2 Å². The van der Waals surface area contributed by atoms with Gasteiger partial charge in [0.05, 0.1) is 30.1 Å². The van der Waals surface area contributed by atoms with E-state index in [0.29, 0.717) is 16.7 Å². The second kappa shape index (κ2) is 9.12. The number of rotatable bonds is 6. The monoisotopic (exact) mass is 444 g/mol. The number of Topliss-reactive ketones (excluding diaryl/α,β-unsaturated/α-hetero) is 1. The largest absolute Gasteiger partial charge is 0.462 e. The van der Waals surface area contributed by atoms with Crippen LogP contribution in [-0.2, 0) is 20.7 Å². The van der Waals surface area contributed by atoms with Crippen molar-refractivity contribution < 1.29 is 14.3 Å². The average molecular weight is 445 g/mol. The van der Waals surface area contributed by atoms with Gasteiger partial charge in [-0.15, -0.1) is 0 Å². The molecule has 0 fully saturated rings. The number of hydrogen-bond acceptors (Lipinski definition) is 7. The normalized spacial score (nSPS) is 14.8. The number of aromatic nitrogens is 2. The molecule has 32 heavy (non-hydrogen) atoms. The lowest BCUT2D eigenvalue weighted by atomic mass is 10.2. The molecule has 0 radical (unpaired) electrons. The van der Waals surface area contributed by atoms with Crippen LogP contribution in [0.4, 0.5) is 5.69 Å². The van der Waals surface area contributed by atoms with Crippen molar-refractivity contribution in [2.75, 3.05) is 11.5 Å². The Morgan fingerprint density at radius 1 is 1.12 bits per heavy atom. The summed E-state index contributed by atoms with van der Waals surface area (Å²) >= 11 is 1.27. The lowest BCUT2D eigenvalue weighted by molar-refractivity contribution is -0.139. The number of imidazole rings is 1. The number of esters is 1. The Kier molecular flexibility index (Phi) is 6.10. The van der Waals surface area contributed by atoms with Crippen LogP contribution in [0.15, 0.2) is 70.6 Å². The van der Waals surface area contributed by atoms with Crippen LogP contribution in [0, 0.1) is 11.3 Å². The van der Waals surface area contributed by atoms with Crippen molar-refractivity contribution in [1.82, 2.24) is 9.55 Å². The van der Waals surface area contributed by atoms with Crippen LogP contribution in [0.1, 0.15) is 19.7 Å². The highest BCUT2D eigenvalue weighted by molar-refractivity contribution is 8.06. The van der Waals surface area contributed by atoms with E-state index >= 15 is 0 Å². The molecule has 0 spiro atoms. The summed E-state index contributed by atoms with van der Waals surface area (Å²) in [6.07, 6.45) is 0.107. The summed E-state index contributed by atoms with van der Waals surface area (Å²) in [4.78, 5) is 31.7. The van der Waals surface area contributed by atoms with Gasteiger partial charge in [0.2, 0.25) is 0 Å². The fourth-order valence-corrected chi connectivity index (χ4v) is 4.65. The molecule has 0 N–H and O–H groups in total. The number of hydrogen-bond donors (Lipinski definition) is 0. The van der Waals surface area contributed by atoms with Gasteiger partial charge in [-0.05, 0) is 38.1 Å². The van der Waals surface area contributed by atoms with Gasteiger partial charge in [-0.3, -0.25) is 14.3 Å². The van der Waals surface area contributed by atoms with Gasteiger partial charge in [-0.1, -0.05) is 42.1 Å². The van der Waals surface area contributed by atoms with E-state index in [0.717, 1.165) is 16.7 Å². The highest BCUT2D eigenvalue weighted by Gasteiger charge is 2.34. The van der Waals surface area contributed by atoms with Crippen molar-refractivity contribution in [1.29, 1.82) is 5.26 Å². The third-order valence-corrected chi connectivity index (χ3v) is 5.80. The molecule has 1 aliphatic rings. The molecule has 3 aromatic rings. The predicted octanol–water partition coefficient (Wildman–Crippen LogP) is 4.48. The van der Waals surface area contributed by atoms with Crippen LogP contribution in [0.3, 0.4) is 0 Å². The smallest absolute Gasteiger partial charge is 0.344 e. The molecule has 2 heterocycles. The molecule has 0 atom stereocenters. The van der Waals surface area contributed by atoms with E-state index in [1.807, 2.05) is 69.5 Å². The number of ether oxygens (including phenoxy) is 1. The molecule has 0 amide bonds. The number of nitriles is 1. The van der Waals surface area contributed by atoms with Crippen molar-refractivity contribution in [3.63, 3.8) is 0 Å². The summed E-state index contributed by atoms with van der Waals surface area (Å²) in [5, 5.41) is 11.7. The minimum absolute atomic E-state index is 0.0155. The van der Waals surface area contributed by atoms with Crippen LogP contribution in [0.5, 0.6) is 0 Å². The Morgan fingerprint density at radius 2 is 1.84 bits per heavy atom. The van der Waals surface area contributed by atoms with Crippen LogP contribution in [-0.4, -0.2) is 27.9 Å². The van der Waals surface area contributed by atoms with E-state index in [2.05, 4.69) is 11.1 Å². The van der Waals surface area contributed by atoms with Gasteiger partial charge in [0.15, 0.2) is 5.78 Å². The number of para-hydroxylation sites is 3. The van der Waals surface area contributed by atoms with E-state index in [1.54, 1.807) is 6.92 Å². The highest BCUT2D eigenvalue weighted by atomic mass is 32.2. The first-order valence-electron chi connectivity index (χ1n) is 10.0. The third kappa shape index (κ3) is 3.79. The first-order chi connectivity index (χ1) is 15.6. The molecule has 2 aromatic carbocycles. The van der Waals surface area contributed by atoms with Gasteiger partial charge in [0, 0.05) is 11.1 Å². The number of nitrogens with zero attached hydrogens (tertiary/aromatic N) is 4. The van der Waals surface area contributed by atoms with Gasteiger partial charge < -0.3 is 4.74 Å². The molecule has 0 aliphatic carbocycles. The lowest BCUT2D eigenvalue weighted by Gasteiger charge is -2.26. The van der Waals surface area contributed by atoms with Crippen molar-refractivity contribution in [3.8, 4) is 6.07 Å². The minimum atomic E-state index is -0.661. The van der Waals surface area contributed by atoms with Gasteiger partial charge in [-0.2, -0.15) is 5.26 Å². The van der Waals surface area contributed by atoms with Crippen molar-refractivity contribution in [2.24, 2.45) is 0 Å². The summed E-state index contributed by atoms with van der Waals surface area (Å²) in [5.41, 5.74) is 2.33. The average Bonchev–Trinajstić information content (AvgIpc) is 3.35. The molecular weight excluding hydrogens is 424 g/mol. The first kappa shape index (κ1) is 21.4. The van der Waals surface area contributed by atoms with Gasteiger partial charge in [0.25, 0.3) is 0 Å². The Balaban J connectivity index is 1.97. The van der Waals surface area contributed by atoms with Crippen molar-refractivity contribution >= 4 is 46.1 Å². The summed E-state index contributed by atoms with van der Waals surface area (Å²) in [7, 11) is 0. The zero-order valence-corrected chi connectivity index (χ0v) is 18.4. The quantitative estimate of drug-likeness (QED) is 0.240. The molecule has 160 valence electrons. The van der Waals surface area contributed by atoms with Gasteiger partial charge >= 0.3 is 5.97 Å². The first-order valence-corrected chi connectivity index (χ1v) is 10.9. The molecule has 1 aliphatic heterocycles. The number of carbonyl (C=O) groups excluding carboxylic acids is 2. The van der Waals surface area contributed by atoms with Gasteiger partial charge in [-0.25, -0.2) is 9.78 Å². The number of anilines is 1. The maximum Gasteiger partial charge on any atom is 0.344 e. The Labute approximate surface area is 189 Å². The van der Waals surface area contributed by atoms with E-state index < -0.39 is 5.97 Å². The van der Waals surface area contributed by atoms with E-state index in [9.17, 15) is 14.9 Å². The molecule has 8 heteroatoms. The summed E-state index contributed by atoms with van der Waals surface area (Å²) in [5.74, 6) is 0.210. The van der Waals surface area contributed by atoms with Crippen LogP contribution >= 0.6 is 11.8 Å². The zero-order chi connectivity index (χ0) is 22.7. The SMILES string of the molecule is CCOC(=O)/C(C(C)=O)=C1\SC=C(n2c(CC#N)nc3ccccc32)N1c1ccccc1. The summed E-state index contributed by atoms with van der Waals surface area (Å²) in [6.45, 7) is 3.22. The maximum atomic E-state index is 12.7. The fourth-order valence-electron chi connectivity index (χ4n) is 3.57. The predicted molar refractivity (Wildman–Crippen MR) is 124 cm³/mol. The number of benzene rings is 2. The number of carbonyl (C=O) groups is 2. The van der Waals surface area contributed by atoms with E-state index in [4.69, 9.17) is 4.74 Å². The standard InChI is InChI=1S/C24H20N4O3S/c1-3-31-24(30)22(16(2)29)23-27(17-9-5-4-6-10-17)21(15-32-23)28-19-12-8-7-11-18(19)26-20(28)13-14-25/h4-12,15H,3,13H2,1-2H3/b23-22-. The Bertz CT molecular complexity index is 1300. The zero-order valence-electron chi connectivity index (χ0n) is 17.6. The van der Waals surface area contributed by atoms with Crippen LogP contribution < -0.4 is 4.90 Å². The lowest BCUT2D eigenvalue weighted by Crippen LogP contribution is -2.26. The van der Waals surface area contributed by atoms with Crippen molar-refractivity contribution in [2.45, 2.75) is 20.3 Å². The molecule has 0 bridgehead atoms. The molecule has 0 unspecified atom stereocenters. The molecule has 4 rings (SSSR count). The summed E-state index contributed by atoms with van der Waals surface area (Å²) < 4.78 is 7.07. The number of fused-ring (bicyclic) bond motifs is 1. The Hall–Kier alpha value is -3.83. The maximum absolute atomic E-state index is 12.7. The summed E-state index contributed by atoms with van der Waals surface area (Å²) in [6, 6.07) is 19.2. The molecule has 7 nitrogen and oxygen atoms in total. The van der Waals surface area contributed by atoms with Crippen LogP contribution in [0.25, 0.3) is 16.9 Å². The molecule has 1 aromatic heterocycles. The topological polar surface area (TPSA) is 88.2 Å². The fraction of sp³-hybridized carbons (Fsp3) is 0.167.